The fraction of sp³-hybridized carbons (Fsp3) is 0.0909. The fourth-order valence-corrected chi connectivity index (χ4v) is 5.64. The predicted octanol–water partition coefficient (Wildman–Crippen LogP) is 8.66. The van der Waals surface area contributed by atoms with E-state index >= 15 is 0 Å². The van der Waals surface area contributed by atoms with Crippen molar-refractivity contribution in [2.24, 2.45) is 0 Å². The topological polar surface area (TPSA) is 9.86 Å². The van der Waals surface area contributed by atoms with Gasteiger partial charge in [-0.05, 0) is 53.8 Å². The maximum Gasteiger partial charge on any atom is 0.0591 e. The quantitative estimate of drug-likeness (QED) is 0.254. The van der Waals surface area contributed by atoms with E-state index in [0.29, 0.717) is 0 Å². The fourth-order valence-electron chi connectivity index (χ4n) is 5.64. The van der Waals surface area contributed by atoms with Crippen LogP contribution in [0.25, 0.3) is 49.5 Å². The van der Waals surface area contributed by atoms with Gasteiger partial charge < -0.3 is 9.13 Å². The molecule has 0 radical (unpaired) electrons. The first-order chi connectivity index (χ1) is 17.4. The van der Waals surface area contributed by atoms with E-state index in [1.54, 1.807) is 0 Å². The highest BCUT2D eigenvalue weighted by atomic mass is 15.0. The zero-order valence-electron chi connectivity index (χ0n) is 19.6. The molecule has 1 aliphatic carbocycles. The van der Waals surface area contributed by atoms with Crippen molar-refractivity contribution in [2.45, 2.75) is 19.4 Å². The Morgan fingerprint density at radius 1 is 0.686 bits per heavy atom. The Hall–Kier alpha value is -4.30. The van der Waals surface area contributed by atoms with Gasteiger partial charge in [-0.3, -0.25) is 0 Å². The van der Waals surface area contributed by atoms with Gasteiger partial charge >= 0.3 is 0 Å². The van der Waals surface area contributed by atoms with Gasteiger partial charge in [0.2, 0.25) is 0 Å². The monoisotopic (exact) mass is 450 g/mol. The second-order valence-electron chi connectivity index (χ2n) is 9.34. The maximum absolute atomic E-state index is 2.46. The number of para-hydroxylation sites is 1. The van der Waals surface area contributed by atoms with E-state index < -0.39 is 0 Å². The largest absolute Gasteiger partial charge is 0.342 e. The summed E-state index contributed by atoms with van der Waals surface area (Å²) < 4.78 is 4.90. The summed E-state index contributed by atoms with van der Waals surface area (Å²) in [4.78, 5) is 0. The number of allylic oxidation sites excluding steroid dienone is 4. The first kappa shape index (κ1) is 20.1. The molecule has 4 aromatic carbocycles. The van der Waals surface area contributed by atoms with Gasteiger partial charge in [0, 0.05) is 34.6 Å². The second-order valence-corrected chi connectivity index (χ2v) is 9.34. The predicted molar refractivity (Wildman–Crippen MR) is 149 cm³/mol. The van der Waals surface area contributed by atoms with Crippen LogP contribution in [0, 0.1) is 0 Å². The van der Waals surface area contributed by atoms with Crippen LogP contribution in [0.1, 0.15) is 18.4 Å². The molecule has 0 saturated carbocycles. The van der Waals surface area contributed by atoms with Crippen molar-refractivity contribution in [1.29, 1.82) is 0 Å². The van der Waals surface area contributed by atoms with Crippen molar-refractivity contribution in [3.05, 3.63) is 127 Å². The zero-order chi connectivity index (χ0) is 23.2. The standard InChI is InChI=1S/C33H26N2/c1-4-12-24(13-5-1)23-34-21-20-27-29(25-14-6-2-7-15-25)22-31-32(33(27)34)28-18-10-11-19-30(28)35(31)26-16-8-3-9-17-26/h1-2,4-8,10-22H,3,9,23H2. The highest BCUT2D eigenvalue weighted by Gasteiger charge is 2.20. The maximum atomic E-state index is 2.46. The summed E-state index contributed by atoms with van der Waals surface area (Å²) in [6, 6.07) is 35.1. The van der Waals surface area contributed by atoms with Crippen molar-refractivity contribution >= 4 is 38.4 Å². The number of benzene rings is 4. The van der Waals surface area contributed by atoms with Crippen LogP contribution in [0.4, 0.5) is 0 Å². The lowest BCUT2D eigenvalue weighted by Crippen LogP contribution is -1.99. The third-order valence-electron chi connectivity index (χ3n) is 7.20. The number of hydrogen-bond donors (Lipinski definition) is 0. The summed E-state index contributed by atoms with van der Waals surface area (Å²) in [5.74, 6) is 0. The molecular weight excluding hydrogens is 424 g/mol. The summed E-state index contributed by atoms with van der Waals surface area (Å²) in [6.07, 6.45) is 11.4. The third-order valence-corrected chi connectivity index (χ3v) is 7.20. The average Bonchev–Trinajstić information content (AvgIpc) is 3.48. The normalized spacial score (nSPS) is 13.7. The Morgan fingerprint density at radius 2 is 1.46 bits per heavy atom. The molecule has 0 fully saturated rings. The average molecular weight is 451 g/mol. The zero-order valence-corrected chi connectivity index (χ0v) is 19.6. The number of rotatable bonds is 4. The molecule has 1 aliphatic rings. The first-order valence-electron chi connectivity index (χ1n) is 12.4. The molecule has 0 amide bonds. The van der Waals surface area contributed by atoms with Gasteiger partial charge in [-0.25, -0.2) is 0 Å². The SMILES string of the molecule is C1=CC(n2c3ccccc3c3c4c(ccn4Cc4ccccc4)c(-c4ccccc4)cc32)=CCC1. The summed E-state index contributed by atoms with van der Waals surface area (Å²) >= 11 is 0. The summed E-state index contributed by atoms with van der Waals surface area (Å²) in [5.41, 5.74) is 8.95. The van der Waals surface area contributed by atoms with E-state index in [1.165, 1.54) is 55.1 Å². The van der Waals surface area contributed by atoms with E-state index in [0.717, 1.165) is 19.4 Å². The van der Waals surface area contributed by atoms with Crippen molar-refractivity contribution in [2.75, 3.05) is 0 Å². The molecule has 0 N–H and O–H groups in total. The molecule has 2 nitrogen and oxygen atoms in total. The lowest BCUT2D eigenvalue weighted by Gasteiger charge is -2.14. The van der Waals surface area contributed by atoms with Crippen molar-refractivity contribution < 1.29 is 0 Å². The van der Waals surface area contributed by atoms with Gasteiger partial charge in [-0.2, -0.15) is 0 Å². The van der Waals surface area contributed by atoms with E-state index in [1.807, 2.05) is 0 Å². The Balaban J connectivity index is 1.63. The molecule has 2 heterocycles. The summed E-state index contributed by atoms with van der Waals surface area (Å²) in [5, 5.41) is 3.94. The highest BCUT2D eigenvalue weighted by molar-refractivity contribution is 6.24. The third kappa shape index (κ3) is 3.25. The highest BCUT2D eigenvalue weighted by Crippen LogP contribution is 2.42. The van der Waals surface area contributed by atoms with Crippen LogP contribution in [0.2, 0.25) is 0 Å². The van der Waals surface area contributed by atoms with E-state index in [-0.39, 0.29) is 0 Å². The Labute approximate surface area is 205 Å². The summed E-state index contributed by atoms with van der Waals surface area (Å²) in [6.45, 7) is 0.847. The molecule has 2 aromatic heterocycles. The lowest BCUT2D eigenvalue weighted by molar-refractivity contribution is 0.839. The van der Waals surface area contributed by atoms with Crippen LogP contribution in [0.3, 0.4) is 0 Å². The van der Waals surface area contributed by atoms with Crippen LogP contribution in [0.15, 0.2) is 121 Å². The minimum Gasteiger partial charge on any atom is -0.342 e. The second kappa shape index (κ2) is 8.18. The molecular formula is C33H26N2. The van der Waals surface area contributed by atoms with Gasteiger partial charge in [0.25, 0.3) is 0 Å². The van der Waals surface area contributed by atoms with Gasteiger partial charge in [0.15, 0.2) is 0 Å². The molecule has 168 valence electrons. The molecule has 35 heavy (non-hydrogen) atoms. The molecule has 0 unspecified atom stereocenters. The number of aromatic nitrogens is 2. The molecule has 0 saturated heterocycles. The minimum atomic E-state index is 0.847. The smallest absolute Gasteiger partial charge is 0.0591 e. The van der Waals surface area contributed by atoms with Gasteiger partial charge in [-0.1, -0.05) is 91.0 Å². The minimum absolute atomic E-state index is 0.847. The van der Waals surface area contributed by atoms with Crippen LogP contribution in [0.5, 0.6) is 0 Å². The van der Waals surface area contributed by atoms with Crippen molar-refractivity contribution in [3.8, 4) is 11.1 Å². The molecule has 6 aromatic rings. The van der Waals surface area contributed by atoms with Crippen LogP contribution in [-0.2, 0) is 6.54 Å². The first-order valence-corrected chi connectivity index (χ1v) is 12.4. The van der Waals surface area contributed by atoms with E-state index in [4.69, 9.17) is 0 Å². The summed E-state index contributed by atoms with van der Waals surface area (Å²) in [7, 11) is 0. The van der Waals surface area contributed by atoms with Crippen LogP contribution in [-0.4, -0.2) is 9.13 Å². The Morgan fingerprint density at radius 3 is 2.26 bits per heavy atom. The lowest BCUT2D eigenvalue weighted by atomic mass is 9.98. The van der Waals surface area contributed by atoms with E-state index in [2.05, 4.69) is 131 Å². The molecule has 2 heteroatoms. The molecule has 0 atom stereocenters. The van der Waals surface area contributed by atoms with E-state index in [9.17, 15) is 0 Å². The van der Waals surface area contributed by atoms with Crippen molar-refractivity contribution in [1.82, 2.24) is 9.13 Å². The van der Waals surface area contributed by atoms with Gasteiger partial charge in [0.05, 0.1) is 16.6 Å². The van der Waals surface area contributed by atoms with Crippen LogP contribution >= 0.6 is 0 Å². The number of hydrogen-bond acceptors (Lipinski definition) is 0. The number of fused-ring (bicyclic) bond motifs is 5. The van der Waals surface area contributed by atoms with Gasteiger partial charge in [0.1, 0.15) is 0 Å². The number of nitrogens with zero attached hydrogens (tertiary/aromatic N) is 2. The van der Waals surface area contributed by atoms with Gasteiger partial charge in [-0.15, -0.1) is 0 Å². The molecule has 0 aliphatic heterocycles. The van der Waals surface area contributed by atoms with Crippen LogP contribution < -0.4 is 0 Å². The Kier molecular flexibility index (Phi) is 4.70. The molecule has 7 rings (SSSR count). The van der Waals surface area contributed by atoms with Crippen molar-refractivity contribution in [3.63, 3.8) is 0 Å². The molecule has 0 spiro atoms. The Bertz CT molecular complexity index is 1750. The molecule has 0 bridgehead atoms.